The molecule has 0 fully saturated rings. The van der Waals surface area contributed by atoms with Crippen LogP contribution in [0.2, 0.25) is 0 Å². The fourth-order valence-corrected chi connectivity index (χ4v) is 10.5. The summed E-state index contributed by atoms with van der Waals surface area (Å²) in [6.45, 7) is 0. The van der Waals surface area contributed by atoms with E-state index in [0.29, 0.717) is 0 Å². The van der Waals surface area contributed by atoms with Crippen molar-refractivity contribution in [1.82, 2.24) is 9.13 Å². The second kappa shape index (κ2) is 11.2. The zero-order valence-electron chi connectivity index (χ0n) is 27.6. The van der Waals surface area contributed by atoms with Crippen molar-refractivity contribution in [3.63, 3.8) is 0 Å². The third-order valence-electron chi connectivity index (χ3n) is 10.5. The van der Waals surface area contributed by atoms with E-state index >= 15 is 0 Å². The minimum absolute atomic E-state index is 0.249. The third kappa shape index (κ3) is 4.36. The summed E-state index contributed by atoms with van der Waals surface area (Å²) < 4.78 is 7.82. The molecule has 0 radical (unpaired) electrons. The number of hydrogen-bond donors (Lipinski definition) is 0. The molecule has 3 heterocycles. The number of rotatable bonds is 4. The molecule has 3 aromatic heterocycles. The molecule has 8 aromatic carbocycles. The van der Waals surface area contributed by atoms with E-state index in [1.165, 1.54) is 96.5 Å². The van der Waals surface area contributed by atoms with Gasteiger partial charge in [0.25, 0.3) is 0 Å². The number of nitrogens with zero attached hydrogens (tertiary/aromatic N) is 2. The van der Waals surface area contributed by atoms with Gasteiger partial charge in [0.1, 0.15) is 0 Å². The van der Waals surface area contributed by atoms with Gasteiger partial charge in [-0.1, -0.05) is 12.1 Å². The Morgan fingerprint density at radius 3 is 1.57 bits per heavy atom. The van der Waals surface area contributed by atoms with Crippen LogP contribution in [0.4, 0.5) is 0 Å². The molecule has 0 bridgehead atoms. The molecule has 11 aromatic rings. The molecule has 0 aliphatic carbocycles. The van der Waals surface area contributed by atoms with E-state index < -0.39 is 0 Å². The Morgan fingerprint density at radius 1 is 0.314 bits per heavy atom. The SMILES string of the molecule is c1ccc(-c2ccc(-c3ccc4[se]c5cccc(-n6c7ccccc7c7cc(-n8c9ccccc9c9ccccc98)ccc76)c5c4c3)cc2)cc1. The van der Waals surface area contributed by atoms with Gasteiger partial charge in [0, 0.05) is 0 Å². The topological polar surface area (TPSA) is 9.86 Å². The van der Waals surface area contributed by atoms with Gasteiger partial charge in [0.2, 0.25) is 0 Å². The van der Waals surface area contributed by atoms with Gasteiger partial charge in [-0.3, -0.25) is 0 Å². The Bertz CT molecular complexity index is 3070. The number of para-hydroxylation sites is 3. The second-order valence-corrected chi connectivity index (χ2v) is 15.6. The number of benzene rings is 8. The van der Waals surface area contributed by atoms with Crippen molar-refractivity contribution in [2.24, 2.45) is 0 Å². The fraction of sp³-hybridized carbons (Fsp3) is 0. The number of aromatic nitrogens is 2. The first kappa shape index (κ1) is 28.7. The molecule has 0 amide bonds. The molecule has 0 unspecified atom stereocenters. The van der Waals surface area contributed by atoms with Gasteiger partial charge in [-0.05, 0) is 0 Å². The summed E-state index contributed by atoms with van der Waals surface area (Å²) >= 11 is 0.249. The minimum atomic E-state index is 0.249. The summed E-state index contributed by atoms with van der Waals surface area (Å²) in [6, 6.07) is 67.0. The normalized spacial score (nSPS) is 11.9. The van der Waals surface area contributed by atoms with Crippen LogP contribution in [0.15, 0.2) is 182 Å². The van der Waals surface area contributed by atoms with Crippen LogP contribution < -0.4 is 0 Å². The molecule has 0 atom stereocenters. The van der Waals surface area contributed by atoms with Crippen molar-refractivity contribution in [3.05, 3.63) is 182 Å². The van der Waals surface area contributed by atoms with E-state index in [1.54, 1.807) is 0 Å². The monoisotopic (exact) mass is 714 g/mol. The van der Waals surface area contributed by atoms with E-state index in [0.717, 1.165) is 0 Å². The predicted molar refractivity (Wildman–Crippen MR) is 218 cm³/mol. The van der Waals surface area contributed by atoms with Crippen molar-refractivity contribution in [3.8, 4) is 33.6 Å². The van der Waals surface area contributed by atoms with Gasteiger partial charge in [-0.15, -0.1) is 0 Å². The molecule has 0 aliphatic rings. The zero-order chi connectivity index (χ0) is 33.5. The van der Waals surface area contributed by atoms with E-state index in [-0.39, 0.29) is 14.5 Å². The van der Waals surface area contributed by atoms with Gasteiger partial charge in [0.15, 0.2) is 0 Å². The number of fused-ring (bicyclic) bond motifs is 9. The van der Waals surface area contributed by atoms with E-state index in [1.807, 2.05) is 0 Å². The summed E-state index contributed by atoms with van der Waals surface area (Å²) in [5.74, 6) is 0. The summed E-state index contributed by atoms with van der Waals surface area (Å²) in [7, 11) is 0. The molecule has 238 valence electrons. The molecule has 3 heteroatoms. The average Bonchev–Trinajstić information content (AvgIpc) is 3.85. The summed E-state index contributed by atoms with van der Waals surface area (Å²) in [5, 5.41) is 7.81. The van der Waals surface area contributed by atoms with Crippen LogP contribution in [0.3, 0.4) is 0 Å². The zero-order valence-corrected chi connectivity index (χ0v) is 29.3. The maximum absolute atomic E-state index is 2.51. The van der Waals surface area contributed by atoms with Crippen LogP contribution in [-0.4, -0.2) is 23.6 Å². The van der Waals surface area contributed by atoms with Crippen LogP contribution in [0.1, 0.15) is 0 Å². The average molecular weight is 714 g/mol. The van der Waals surface area contributed by atoms with Crippen molar-refractivity contribution in [2.45, 2.75) is 0 Å². The van der Waals surface area contributed by atoms with Crippen molar-refractivity contribution < 1.29 is 0 Å². The summed E-state index contributed by atoms with van der Waals surface area (Å²) in [5.41, 5.74) is 12.3. The van der Waals surface area contributed by atoms with Gasteiger partial charge in [0.05, 0.1) is 0 Å². The standard InChI is InChI=1S/C48H30N2Se/c1-2-11-31(12-3-1)32-21-23-33(24-22-32)34-25-28-46-40(29-34)48-45(19-10-20-47(48)51-46)50-43-18-9-6-15-38(43)39-30-35(26-27-44(39)50)49-41-16-7-4-13-36(41)37-14-5-8-17-42(37)49/h1-30H. The molecule has 0 saturated carbocycles. The summed E-state index contributed by atoms with van der Waals surface area (Å²) in [4.78, 5) is 0. The Balaban J connectivity index is 1.11. The third-order valence-corrected chi connectivity index (χ3v) is 12.9. The van der Waals surface area contributed by atoms with Crippen molar-refractivity contribution in [1.29, 1.82) is 0 Å². The van der Waals surface area contributed by atoms with Crippen LogP contribution in [0, 0.1) is 0 Å². The van der Waals surface area contributed by atoms with Gasteiger partial charge >= 0.3 is 290 Å². The summed E-state index contributed by atoms with van der Waals surface area (Å²) in [6.07, 6.45) is 0. The first-order chi connectivity index (χ1) is 25.3. The molecule has 0 aliphatic heterocycles. The van der Waals surface area contributed by atoms with Gasteiger partial charge < -0.3 is 0 Å². The molecule has 2 nitrogen and oxygen atoms in total. The molecule has 0 saturated heterocycles. The van der Waals surface area contributed by atoms with Gasteiger partial charge in [-0.2, -0.15) is 0 Å². The first-order valence-corrected chi connectivity index (χ1v) is 19.1. The molecule has 0 spiro atoms. The molecular formula is C48H30N2Se. The van der Waals surface area contributed by atoms with Crippen LogP contribution in [-0.2, 0) is 0 Å². The fourth-order valence-electron chi connectivity index (χ4n) is 8.22. The Morgan fingerprint density at radius 2 is 0.863 bits per heavy atom. The Hall–Kier alpha value is -6.12. The van der Waals surface area contributed by atoms with E-state index in [4.69, 9.17) is 0 Å². The number of hydrogen-bond acceptors (Lipinski definition) is 0. The quantitative estimate of drug-likeness (QED) is 0.161. The van der Waals surface area contributed by atoms with Crippen LogP contribution in [0.25, 0.3) is 96.5 Å². The second-order valence-electron chi connectivity index (χ2n) is 13.3. The Kier molecular flexibility index (Phi) is 6.30. The van der Waals surface area contributed by atoms with Crippen LogP contribution >= 0.6 is 0 Å². The molecular weight excluding hydrogens is 684 g/mol. The molecule has 0 N–H and O–H groups in total. The first-order valence-electron chi connectivity index (χ1n) is 17.4. The maximum atomic E-state index is 2.51. The molecule has 51 heavy (non-hydrogen) atoms. The van der Waals surface area contributed by atoms with E-state index in [2.05, 4.69) is 191 Å². The van der Waals surface area contributed by atoms with Crippen molar-refractivity contribution in [2.75, 3.05) is 0 Å². The molecule has 11 rings (SSSR count). The van der Waals surface area contributed by atoms with Gasteiger partial charge in [-0.25, -0.2) is 0 Å². The predicted octanol–water partition coefficient (Wildman–Crippen LogP) is 12.6. The van der Waals surface area contributed by atoms with E-state index in [9.17, 15) is 0 Å². The Labute approximate surface area is 300 Å². The van der Waals surface area contributed by atoms with Crippen molar-refractivity contribution >= 4 is 77.4 Å². The van der Waals surface area contributed by atoms with Crippen LogP contribution in [0.5, 0.6) is 0 Å².